The molecule has 0 unspecified atom stereocenters. The van der Waals surface area contributed by atoms with Crippen LogP contribution in [0.1, 0.15) is 15.4 Å². The van der Waals surface area contributed by atoms with Crippen LogP contribution in [-0.4, -0.2) is 57.0 Å². The van der Waals surface area contributed by atoms with Gasteiger partial charge in [-0.25, -0.2) is 13.4 Å². The SMILES string of the molecule is COc1ccc(S(=O)(=O)N2CCOCC2)cc1NC(=O)c1sc(-c2cccs2)nc1C. The highest BCUT2D eigenvalue weighted by atomic mass is 32.2. The van der Waals surface area contributed by atoms with E-state index in [1.165, 1.54) is 34.9 Å². The Morgan fingerprint density at radius 3 is 2.71 bits per heavy atom. The summed E-state index contributed by atoms with van der Waals surface area (Å²) in [6.45, 7) is 3.08. The Morgan fingerprint density at radius 2 is 2.03 bits per heavy atom. The van der Waals surface area contributed by atoms with E-state index in [9.17, 15) is 13.2 Å². The van der Waals surface area contributed by atoms with E-state index in [0.717, 1.165) is 9.88 Å². The largest absolute Gasteiger partial charge is 0.495 e. The zero-order valence-corrected chi connectivity index (χ0v) is 19.4. The van der Waals surface area contributed by atoms with Gasteiger partial charge in [-0.2, -0.15) is 4.31 Å². The Balaban J connectivity index is 1.62. The van der Waals surface area contributed by atoms with Gasteiger partial charge in [-0.1, -0.05) is 6.07 Å². The molecule has 2 aromatic heterocycles. The number of nitrogens with one attached hydrogen (secondary N) is 1. The minimum absolute atomic E-state index is 0.0887. The molecule has 1 amide bonds. The third kappa shape index (κ3) is 4.51. The van der Waals surface area contributed by atoms with Crippen LogP contribution in [0.15, 0.2) is 40.6 Å². The second kappa shape index (κ2) is 9.05. The van der Waals surface area contributed by atoms with E-state index in [1.807, 2.05) is 17.5 Å². The van der Waals surface area contributed by atoms with E-state index in [1.54, 1.807) is 24.3 Å². The van der Waals surface area contributed by atoms with Gasteiger partial charge in [0.2, 0.25) is 10.0 Å². The van der Waals surface area contributed by atoms with E-state index in [4.69, 9.17) is 9.47 Å². The van der Waals surface area contributed by atoms with E-state index >= 15 is 0 Å². The number of rotatable bonds is 6. The van der Waals surface area contributed by atoms with Crippen LogP contribution in [0.4, 0.5) is 5.69 Å². The van der Waals surface area contributed by atoms with Gasteiger partial charge in [0.05, 0.1) is 41.5 Å². The standard InChI is InChI=1S/C20H21N3O5S3/c1-13-18(30-20(21-13)17-4-3-11-29-17)19(24)22-15-12-14(5-6-16(15)27-2)31(25,26)23-7-9-28-10-8-23/h3-6,11-12H,7-10H2,1-2H3,(H,22,24). The Labute approximate surface area is 188 Å². The number of carbonyl (C=O) groups excluding carboxylic acids is 1. The molecule has 4 rings (SSSR count). The van der Waals surface area contributed by atoms with E-state index in [0.29, 0.717) is 42.6 Å². The molecule has 0 radical (unpaired) electrons. The van der Waals surface area contributed by atoms with Crippen molar-refractivity contribution < 1.29 is 22.7 Å². The molecule has 0 bridgehead atoms. The number of thiazole rings is 1. The summed E-state index contributed by atoms with van der Waals surface area (Å²) < 4.78 is 37.9. The molecule has 3 aromatic rings. The average molecular weight is 480 g/mol. The van der Waals surface area contributed by atoms with Crippen LogP contribution < -0.4 is 10.1 Å². The molecule has 1 aromatic carbocycles. The Hall–Kier alpha value is -2.31. The highest BCUT2D eigenvalue weighted by molar-refractivity contribution is 7.89. The first kappa shape index (κ1) is 21.9. The second-order valence-corrected chi connectivity index (χ2v) is 10.6. The fourth-order valence-corrected chi connectivity index (χ4v) is 6.37. The van der Waals surface area contributed by atoms with Gasteiger partial charge in [0, 0.05) is 13.1 Å². The van der Waals surface area contributed by atoms with Crippen molar-refractivity contribution in [3.63, 3.8) is 0 Å². The molecule has 31 heavy (non-hydrogen) atoms. The van der Waals surface area contributed by atoms with Crippen LogP contribution in [0.2, 0.25) is 0 Å². The van der Waals surface area contributed by atoms with Crippen LogP contribution in [0.25, 0.3) is 9.88 Å². The molecule has 3 heterocycles. The molecule has 0 spiro atoms. The fraction of sp³-hybridized carbons (Fsp3) is 0.300. The quantitative estimate of drug-likeness (QED) is 0.582. The minimum Gasteiger partial charge on any atom is -0.495 e. The van der Waals surface area contributed by atoms with Crippen LogP contribution in [0.5, 0.6) is 5.75 Å². The lowest BCUT2D eigenvalue weighted by Crippen LogP contribution is -2.40. The first-order chi connectivity index (χ1) is 14.9. The van der Waals surface area contributed by atoms with Crippen molar-refractivity contribution in [2.75, 3.05) is 38.7 Å². The van der Waals surface area contributed by atoms with Crippen molar-refractivity contribution in [1.29, 1.82) is 0 Å². The van der Waals surface area contributed by atoms with Gasteiger partial charge < -0.3 is 14.8 Å². The van der Waals surface area contributed by atoms with Crippen molar-refractivity contribution >= 4 is 44.3 Å². The number of methoxy groups -OCH3 is 1. The minimum atomic E-state index is -3.71. The molecule has 1 aliphatic heterocycles. The number of amides is 1. The van der Waals surface area contributed by atoms with Crippen molar-refractivity contribution in [3.05, 3.63) is 46.3 Å². The Bertz CT molecular complexity index is 1180. The molecule has 8 nitrogen and oxygen atoms in total. The number of aryl methyl sites for hydroxylation is 1. The lowest BCUT2D eigenvalue weighted by molar-refractivity contribution is 0.0730. The number of hydrogen-bond donors (Lipinski definition) is 1. The molecule has 1 aliphatic rings. The van der Waals surface area contributed by atoms with Gasteiger partial charge in [0.25, 0.3) is 5.91 Å². The number of morpholine rings is 1. The lowest BCUT2D eigenvalue weighted by atomic mass is 10.2. The van der Waals surface area contributed by atoms with Crippen molar-refractivity contribution in [3.8, 4) is 15.6 Å². The van der Waals surface area contributed by atoms with Gasteiger partial charge in [0.1, 0.15) is 15.6 Å². The number of thiophene rings is 1. The smallest absolute Gasteiger partial charge is 0.267 e. The number of carbonyl (C=O) groups is 1. The van der Waals surface area contributed by atoms with Crippen LogP contribution in [0, 0.1) is 6.92 Å². The highest BCUT2D eigenvalue weighted by Crippen LogP contribution is 2.33. The van der Waals surface area contributed by atoms with E-state index < -0.39 is 10.0 Å². The molecule has 1 N–H and O–H groups in total. The third-order valence-corrected chi connectivity index (χ3v) is 8.85. The van der Waals surface area contributed by atoms with Crippen molar-refractivity contribution in [1.82, 2.24) is 9.29 Å². The molecule has 1 fully saturated rings. The summed E-state index contributed by atoms with van der Waals surface area (Å²) in [4.78, 5) is 19.0. The Kier molecular flexibility index (Phi) is 6.39. The Morgan fingerprint density at radius 1 is 1.26 bits per heavy atom. The average Bonchev–Trinajstić information content (AvgIpc) is 3.44. The van der Waals surface area contributed by atoms with Gasteiger partial charge in [-0.05, 0) is 36.6 Å². The first-order valence-electron chi connectivity index (χ1n) is 9.48. The molecule has 11 heteroatoms. The number of benzene rings is 1. The topological polar surface area (TPSA) is 97.8 Å². The maximum Gasteiger partial charge on any atom is 0.267 e. The van der Waals surface area contributed by atoms with E-state index in [-0.39, 0.29) is 16.5 Å². The maximum absolute atomic E-state index is 13.0. The van der Waals surface area contributed by atoms with Crippen molar-refractivity contribution in [2.45, 2.75) is 11.8 Å². The van der Waals surface area contributed by atoms with Crippen LogP contribution >= 0.6 is 22.7 Å². The molecule has 164 valence electrons. The molecular weight excluding hydrogens is 458 g/mol. The molecule has 1 saturated heterocycles. The first-order valence-corrected chi connectivity index (χ1v) is 12.6. The number of sulfonamides is 1. The van der Waals surface area contributed by atoms with Gasteiger partial charge in [0.15, 0.2) is 0 Å². The number of aromatic nitrogens is 1. The monoisotopic (exact) mass is 479 g/mol. The van der Waals surface area contributed by atoms with E-state index in [2.05, 4.69) is 10.3 Å². The zero-order valence-electron chi connectivity index (χ0n) is 17.0. The number of hydrogen-bond acceptors (Lipinski definition) is 8. The summed E-state index contributed by atoms with van der Waals surface area (Å²) in [6.07, 6.45) is 0. The maximum atomic E-state index is 13.0. The van der Waals surface area contributed by atoms with Gasteiger partial charge in [-0.15, -0.1) is 22.7 Å². The zero-order chi connectivity index (χ0) is 22.0. The normalized spacial score (nSPS) is 15.0. The molecule has 0 aliphatic carbocycles. The summed E-state index contributed by atoms with van der Waals surface area (Å²) in [6, 6.07) is 8.33. The summed E-state index contributed by atoms with van der Waals surface area (Å²) in [5.74, 6) is 0.00644. The second-order valence-electron chi connectivity index (χ2n) is 6.74. The number of ether oxygens (including phenoxy) is 2. The molecule has 0 saturated carbocycles. The van der Waals surface area contributed by atoms with Crippen LogP contribution in [-0.2, 0) is 14.8 Å². The number of nitrogens with zero attached hydrogens (tertiary/aromatic N) is 2. The number of anilines is 1. The molecular formula is C20H21N3O5S3. The third-order valence-electron chi connectivity index (χ3n) is 4.76. The van der Waals surface area contributed by atoms with Gasteiger partial charge >= 0.3 is 0 Å². The summed E-state index contributed by atoms with van der Waals surface area (Å²) in [7, 11) is -2.24. The summed E-state index contributed by atoms with van der Waals surface area (Å²) in [5.41, 5.74) is 0.897. The summed E-state index contributed by atoms with van der Waals surface area (Å²) in [5, 5.41) is 5.52. The van der Waals surface area contributed by atoms with Gasteiger partial charge in [-0.3, -0.25) is 4.79 Å². The van der Waals surface area contributed by atoms with Crippen molar-refractivity contribution in [2.24, 2.45) is 0 Å². The van der Waals surface area contributed by atoms with Crippen LogP contribution in [0.3, 0.4) is 0 Å². The lowest BCUT2D eigenvalue weighted by Gasteiger charge is -2.26. The predicted octanol–water partition coefficient (Wildman–Crippen LogP) is 3.46. The predicted molar refractivity (Wildman–Crippen MR) is 121 cm³/mol. The highest BCUT2D eigenvalue weighted by Gasteiger charge is 2.27. The fourth-order valence-electron chi connectivity index (χ4n) is 3.17. The summed E-state index contributed by atoms with van der Waals surface area (Å²) >= 11 is 2.85. The molecule has 0 atom stereocenters.